The number of carboxylic acids is 1. The number of aromatic nitrogens is 2. The molecule has 8 heteroatoms. The van der Waals surface area contributed by atoms with Crippen LogP contribution in [0.1, 0.15) is 10.5 Å². The van der Waals surface area contributed by atoms with E-state index in [2.05, 4.69) is 15.3 Å². The summed E-state index contributed by atoms with van der Waals surface area (Å²) in [5.41, 5.74) is -0.0686. The van der Waals surface area contributed by atoms with Crippen molar-refractivity contribution in [2.24, 2.45) is 0 Å². The maximum atomic E-state index is 11.1. The van der Waals surface area contributed by atoms with Gasteiger partial charge in [0.15, 0.2) is 5.69 Å². The number of hydrogen-bond donors (Lipinski definition) is 2. The Hall–Kier alpha value is -1.93. The number of likely N-dealkylation sites (N-methyl/N-ethyl adjacent to an activating group) is 1. The maximum Gasteiger partial charge on any atom is 0.354 e. The van der Waals surface area contributed by atoms with Gasteiger partial charge in [0.2, 0.25) is 11.8 Å². The number of morpholine rings is 1. The Bertz CT molecular complexity index is 463. The Morgan fingerprint density at radius 1 is 1.50 bits per heavy atom. The molecule has 1 aliphatic heterocycles. The zero-order valence-corrected chi connectivity index (χ0v) is 11.3. The molecule has 2 N–H and O–H groups in total. The fraction of sp³-hybridized carbons (Fsp3) is 0.583. The highest BCUT2D eigenvalue weighted by molar-refractivity contribution is 5.86. The van der Waals surface area contributed by atoms with Crippen molar-refractivity contribution < 1.29 is 19.4 Å². The summed E-state index contributed by atoms with van der Waals surface area (Å²) >= 11 is 0. The molecule has 8 nitrogen and oxygen atoms in total. The van der Waals surface area contributed by atoms with Gasteiger partial charge in [-0.15, -0.1) is 0 Å². The second kappa shape index (κ2) is 7.01. The molecule has 110 valence electrons. The number of nitrogens with zero attached hydrogens (tertiary/aromatic N) is 3. The van der Waals surface area contributed by atoms with Crippen LogP contribution >= 0.6 is 0 Å². The highest BCUT2D eigenvalue weighted by atomic mass is 16.5. The number of hydrogen-bond acceptors (Lipinski definition) is 7. The summed E-state index contributed by atoms with van der Waals surface area (Å²) in [5.74, 6) is -0.456. The third kappa shape index (κ3) is 3.78. The van der Waals surface area contributed by atoms with Crippen molar-refractivity contribution in [1.29, 1.82) is 0 Å². The topological polar surface area (TPSA) is 96.8 Å². The van der Waals surface area contributed by atoms with Gasteiger partial charge in [-0.25, -0.2) is 9.78 Å². The fourth-order valence-electron chi connectivity index (χ4n) is 1.76. The Labute approximate surface area is 116 Å². The summed E-state index contributed by atoms with van der Waals surface area (Å²) in [5, 5.41) is 12.0. The molecule has 0 saturated carbocycles. The van der Waals surface area contributed by atoms with Crippen LogP contribution < -0.4 is 15.0 Å². The van der Waals surface area contributed by atoms with Crippen molar-refractivity contribution in [2.75, 3.05) is 51.4 Å². The molecular formula is C12H18N4O4. The number of aromatic carboxylic acids is 1. The van der Waals surface area contributed by atoms with E-state index in [-0.39, 0.29) is 11.6 Å². The summed E-state index contributed by atoms with van der Waals surface area (Å²) in [6.07, 6.45) is 0. The van der Waals surface area contributed by atoms with Gasteiger partial charge in [0.1, 0.15) is 6.61 Å². The van der Waals surface area contributed by atoms with Crippen molar-refractivity contribution in [3.8, 4) is 5.88 Å². The summed E-state index contributed by atoms with van der Waals surface area (Å²) in [6, 6.07) is 1.34. The molecule has 2 heterocycles. The highest BCUT2D eigenvalue weighted by Crippen LogP contribution is 2.17. The second-order valence-corrected chi connectivity index (χ2v) is 4.25. The van der Waals surface area contributed by atoms with Crippen LogP contribution in [0.15, 0.2) is 6.07 Å². The maximum absolute atomic E-state index is 11.1. The molecule has 0 spiro atoms. The zero-order chi connectivity index (χ0) is 14.4. The molecule has 0 aliphatic carbocycles. The van der Waals surface area contributed by atoms with E-state index in [4.69, 9.17) is 14.6 Å². The molecule has 0 amide bonds. The van der Waals surface area contributed by atoms with Crippen LogP contribution in [-0.4, -0.2) is 67.5 Å². The standard InChI is InChI=1S/C12H18N4O4/c1-13-2-5-20-10-8-9(11(17)18)14-12(15-10)16-3-6-19-7-4-16/h8,13H,2-7H2,1H3,(H,17,18). The van der Waals surface area contributed by atoms with Gasteiger partial charge in [-0.1, -0.05) is 0 Å². The monoisotopic (exact) mass is 282 g/mol. The van der Waals surface area contributed by atoms with Gasteiger partial charge in [-0.2, -0.15) is 4.98 Å². The first kappa shape index (κ1) is 14.5. The van der Waals surface area contributed by atoms with E-state index < -0.39 is 5.97 Å². The highest BCUT2D eigenvalue weighted by Gasteiger charge is 2.18. The minimum Gasteiger partial charge on any atom is -0.477 e. The number of carbonyl (C=O) groups is 1. The molecule has 1 aromatic heterocycles. The fourth-order valence-corrected chi connectivity index (χ4v) is 1.76. The molecule has 0 bridgehead atoms. The first-order valence-electron chi connectivity index (χ1n) is 6.43. The SMILES string of the molecule is CNCCOc1cc(C(=O)O)nc(N2CCOCC2)n1. The lowest BCUT2D eigenvalue weighted by Gasteiger charge is -2.27. The van der Waals surface area contributed by atoms with Crippen molar-refractivity contribution in [3.05, 3.63) is 11.8 Å². The van der Waals surface area contributed by atoms with E-state index in [9.17, 15) is 4.79 Å². The van der Waals surface area contributed by atoms with Gasteiger partial charge >= 0.3 is 5.97 Å². The Balaban J connectivity index is 2.18. The molecule has 2 rings (SSSR count). The molecule has 1 aromatic rings. The first-order chi connectivity index (χ1) is 9.70. The normalized spacial score (nSPS) is 15.2. The van der Waals surface area contributed by atoms with Crippen molar-refractivity contribution >= 4 is 11.9 Å². The van der Waals surface area contributed by atoms with Crippen LogP contribution in [0, 0.1) is 0 Å². The van der Waals surface area contributed by atoms with E-state index >= 15 is 0 Å². The molecule has 0 radical (unpaired) electrons. The van der Waals surface area contributed by atoms with Crippen LogP contribution in [0.25, 0.3) is 0 Å². The average molecular weight is 282 g/mol. The summed E-state index contributed by atoms with van der Waals surface area (Å²) in [6.45, 7) is 3.50. The Morgan fingerprint density at radius 2 is 2.25 bits per heavy atom. The lowest BCUT2D eigenvalue weighted by molar-refractivity contribution is 0.0689. The quantitative estimate of drug-likeness (QED) is 0.681. The molecule has 0 aromatic carbocycles. The molecule has 1 aliphatic rings. The van der Waals surface area contributed by atoms with Crippen molar-refractivity contribution in [3.63, 3.8) is 0 Å². The van der Waals surface area contributed by atoms with E-state index in [0.29, 0.717) is 45.4 Å². The summed E-state index contributed by atoms with van der Waals surface area (Å²) in [7, 11) is 1.81. The lowest BCUT2D eigenvalue weighted by atomic mass is 10.4. The van der Waals surface area contributed by atoms with E-state index in [0.717, 1.165) is 0 Å². The van der Waals surface area contributed by atoms with Crippen LogP contribution in [-0.2, 0) is 4.74 Å². The van der Waals surface area contributed by atoms with Gasteiger partial charge in [-0.3, -0.25) is 0 Å². The summed E-state index contributed by atoms with van der Waals surface area (Å²) in [4.78, 5) is 21.3. The number of rotatable bonds is 6. The predicted molar refractivity (Wildman–Crippen MR) is 71.4 cm³/mol. The predicted octanol–water partition coefficient (Wildman–Crippen LogP) is -0.390. The van der Waals surface area contributed by atoms with E-state index in [1.54, 1.807) is 0 Å². The molecule has 20 heavy (non-hydrogen) atoms. The van der Waals surface area contributed by atoms with Gasteiger partial charge in [0.25, 0.3) is 0 Å². The number of nitrogens with one attached hydrogen (secondary N) is 1. The zero-order valence-electron chi connectivity index (χ0n) is 11.3. The minimum atomic E-state index is -1.10. The van der Waals surface area contributed by atoms with Gasteiger partial charge < -0.3 is 24.8 Å². The Kier molecular flexibility index (Phi) is 5.08. The van der Waals surface area contributed by atoms with E-state index in [1.165, 1.54) is 6.07 Å². The smallest absolute Gasteiger partial charge is 0.354 e. The second-order valence-electron chi connectivity index (χ2n) is 4.25. The van der Waals surface area contributed by atoms with Crippen LogP contribution in [0.3, 0.4) is 0 Å². The molecule has 0 unspecified atom stereocenters. The number of carboxylic acid groups (broad SMARTS) is 1. The largest absolute Gasteiger partial charge is 0.477 e. The molecule has 1 fully saturated rings. The van der Waals surface area contributed by atoms with Gasteiger partial charge in [0, 0.05) is 25.7 Å². The third-order valence-electron chi connectivity index (χ3n) is 2.81. The van der Waals surface area contributed by atoms with Gasteiger partial charge in [0.05, 0.1) is 13.2 Å². The van der Waals surface area contributed by atoms with Crippen molar-refractivity contribution in [2.45, 2.75) is 0 Å². The number of anilines is 1. The molecular weight excluding hydrogens is 264 g/mol. The van der Waals surface area contributed by atoms with E-state index in [1.807, 2.05) is 11.9 Å². The minimum absolute atomic E-state index is 0.0686. The lowest BCUT2D eigenvalue weighted by Crippen LogP contribution is -2.37. The molecule has 0 atom stereocenters. The average Bonchev–Trinajstić information content (AvgIpc) is 2.48. The third-order valence-corrected chi connectivity index (χ3v) is 2.81. The number of ether oxygens (including phenoxy) is 2. The van der Waals surface area contributed by atoms with Crippen molar-refractivity contribution in [1.82, 2.24) is 15.3 Å². The van der Waals surface area contributed by atoms with Crippen LogP contribution in [0.5, 0.6) is 5.88 Å². The summed E-state index contributed by atoms with van der Waals surface area (Å²) < 4.78 is 10.7. The van der Waals surface area contributed by atoms with Crippen LogP contribution in [0.2, 0.25) is 0 Å². The first-order valence-corrected chi connectivity index (χ1v) is 6.43. The Morgan fingerprint density at radius 3 is 2.90 bits per heavy atom. The van der Waals surface area contributed by atoms with Gasteiger partial charge in [-0.05, 0) is 7.05 Å². The van der Waals surface area contributed by atoms with Crippen LogP contribution in [0.4, 0.5) is 5.95 Å². The molecule has 1 saturated heterocycles.